The van der Waals surface area contributed by atoms with Crippen LogP contribution in [-0.4, -0.2) is 18.8 Å². The lowest BCUT2D eigenvalue weighted by Crippen LogP contribution is -2.27. The van der Waals surface area contributed by atoms with Gasteiger partial charge in [-0.1, -0.05) is 36.0 Å². The molecule has 2 nitrogen and oxygen atoms in total. The minimum Gasteiger partial charge on any atom is -0.299 e. The molecule has 0 saturated heterocycles. The highest BCUT2D eigenvalue weighted by molar-refractivity contribution is 6.52. The van der Waals surface area contributed by atoms with Gasteiger partial charge in [-0.3, -0.25) is 9.59 Å². The van der Waals surface area contributed by atoms with Gasteiger partial charge >= 0.3 is 0 Å². The van der Waals surface area contributed by atoms with Crippen LogP contribution in [0.5, 0.6) is 0 Å². The molecular formula is C14H17BO2. The van der Waals surface area contributed by atoms with E-state index in [1.165, 1.54) is 16.6 Å². The van der Waals surface area contributed by atoms with Crippen LogP contribution in [-0.2, 0) is 9.59 Å². The van der Waals surface area contributed by atoms with Gasteiger partial charge in [0.05, 0.1) is 6.42 Å². The monoisotopic (exact) mass is 228 g/mol. The molecule has 0 aromatic heterocycles. The zero-order valence-electron chi connectivity index (χ0n) is 10.5. The summed E-state index contributed by atoms with van der Waals surface area (Å²) in [4.78, 5) is 23.0. The molecule has 88 valence electrons. The molecule has 1 aromatic carbocycles. The molecule has 0 spiro atoms. The Labute approximate surface area is 103 Å². The molecule has 1 saturated carbocycles. The Kier molecular flexibility index (Phi) is 3.46. The summed E-state index contributed by atoms with van der Waals surface area (Å²) in [5.74, 6) is 0.295. The predicted octanol–water partition coefficient (Wildman–Crippen LogP) is 1.51. The number of benzene rings is 1. The van der Waals surface area contributed by atoms with E-state index in [2.05, 4.69) is 31.9 Å². The molecule has 17 heavy (non-hydrogen) atoms. The van der Waals surface area contributed by atoms with Crippen LogP contribution in [0.2, 0.25) is 6.82 Å². The standard InChI is InChI=1S/C14H17BO2/c1-9-3-4-14(15-2)13(5-9)10-6-11(16)8-12(17)7-10/h3-5,10,15H,6-8H2,1-2H3. The third-order valence-corrected chi connectivity index (χ3v) is 3.46. The van der Waals surface area contributed by atoms with Crippen molar-refractivity contribution in [2.45, 2.75) is 38.9 Å². The summed E-state index contributed by atoms with van der Waals surface area (Å²) >= 11 is 0. The zero-order chi connectivity index (χ0) is 12.4. The van der Waals surface area contributed by atoms with Crippen molar-refractivity contribution in [1.82, 2.24) is 0 Å². The van der Waals surface area contributed by atoms with Crippen LogP contribution in [0.4, 0.5) is 0 Å². The summed E-state index contributed by atoms with van der Waals surface area (Å²) in [5, 5.41) is 0. The third kappa shape index (κ3) is 2.66. The van der Waals surface area contributed by atoms with E-state index in [-0.39, 0.29) is 23.9 Å². The van der Waals surface area contributed by atoms with Crippen LogP contribution < -0.4 is 5.46 Å². The van der Waals surface area contributed by atoms with E-state index in [0.29, 0.717) is 12.8 Å². The van der Waals surface area contributed by atoms with E-state index in [9.17, 15) is 9.59 Å². The average Bonchev–Trinajstić information content (AvgIpc) is 2.27. The van der Waals surface area contributed by atoms with Gasteiger partial charge in [-0.25, -0.2) is 0 Å². The smallest absolute Gasteiger partial charge is 0.154 e. The van der Waals surface area contributed by atoms with Crippen LogP contribution >= 0.6 is 0 Å². The zero-order valence-corrected chi connectivity index (χ0v) is 10.5. The van der Waals surface area contributed by atoms with Gasteiger partial charge < -0.3 is 0 Å². The summed E-state index contributed by atoms with van der Waals surface area (Å²) in [6.07, 6.45) is 1.20. The van der Waals surface area contributed by atoms with Gasteiger partial charge in [0.1, 0.15) is 11.6 Å². The first kappa shape index (κ1) is 12.1. The summed E-state index contributed by atoms with van der Waals surface area (Å²) in [5.41, 5.74) is 3.67. The highest BCUT2D eigenvalue weighted by Gasteiger charge is 2.27. The summed E-state index contributed by atoms with van der Waals surface area (Å²) in [6, 6.07) is 6.35. The van der Waals surface area contributed by atoms with Gasteiger partial charge in [-0.05, 0) is 18.4 Å². The van der Waals surface area contributed by atoms with Gasteiger partial charge in [0.15, 0.2) is 7.28 Å². The molecule has 0 N–H and O–H groups in total. The summed E-state index contributed by atoms with van der Waals surface area (Å²) < 4.78 is 0. The number of aryl methyl sites for hydroxylation is 1. The molecule has 0 bridgehead atoms. The number of carbonyl (C=O) groups excluding carboxylic acids is 2. The highest BCUT2D eigenvalue weighted by atomic mass is 16.1. The van der Waals surface area contributed by atoms with Gasteiger partial charge in [-0.15, -0.1) is 0 Å². The van der Waals surface area contributed by atoms with Crippen LogP contribution in [0.25, 0.3) is 0 Å². The fraction of sp³-hybridized carbons (Fsp3) is 0.429. The summed E-state index contributed by atoms with van der Waals surface area (Å²) in [6.45, 7) is 4.16. The molecule has 0 unspecified atom stereocenters. The summed E-state index contributed by atoms with van der Waals surface area (Å²) in [7, 11) is 0.953. The molecule has 0 aliphatic heterocycles. The number of carbonyl (C=O) groups is 2. The number of hydrogen-bond donors (Lipinski definition) is 0. The van der Waals surface area contributed by atoms with Crippen molar-refractivity contribution in [2.24, 2.45) is 0 Å². The van der Waals surface area contributed by atoms with Crippen LogP contribution in [0.3, 0.4) is 0 Å². The Morgan fingerprint density at radius 1 is 1.18 bits per heavy atom. The number of Topliss-reactive ketones (excluding diaryl/α,β-unsaturated/α-hetero) is 2. The van der Waals surface area contributed by atoms with Crippen molar-refractivity contribution >= 4 is 24.3 Å². The first-order chi connectivity index (χ1) is 8.10. The Bertz CT molecular complexity index is 449. The third-order valence-electron chi connectivity index (χ3n) is 3.46. The molecular weight excluding hydrogens is 211 g/mol. The van der Waals surface area contributed by atoms with Gasteiger partial charge in [0.25, 0.3) is 0 Å². The van der Waals surface area contributed by atoms with Crippen molar-refractivity contribution in [3.63, 3.8) is 0 Å². The Balaban J connectivity index is 2.35. The Hall–Kier alpha value is -1.38. The van der Waals surface area contributed by atoms with E-state index in [1.54, 1.807) is 0 Å². The normalized spacial score (nSPS) is 17.3. The van der Waals surface area contributed by atoms with E-state index >= 15 is 0 Å². The van der Waals surface area contributed by atoms with Crippen molar-refractivity contribution in [3.8, 4) is 0 Å². The molecule has 1 aliphatic carbocycles. The quantitative estimate of drug-likeness (QED) is 0.568. The maximum absolute atomic E-state index is 11.5. The molecule has 1 aliphatic rings. The second-order valence-electron chi connectivity index (χ2n) is 4.92. The van der Waals surface area contributed by atoms with E-state index in [0.717, 1.165) is 7.28 Å². The van der Waals surface area contributed by atoms with E-state index in [1.807, 2.05) is 0 Å². The largest absolute Gasteiger partial charge is 0.299 e. The molecule has 1 fully saturated rings. The lowest BCUT2D eigenvalue weighted by molar-refractivity contribution is -0.130. The van der Waals surface area contributed by atoms with Crippen molar-refractivity contribution < 1.29 is 9.59 Å². The average molecular weight is 228 g/mol. The van der Waals surface area contributed by atoms with Crippen LogP contribution in [0, 0.1) is 6.92 Å². The minimum absolute atomic E-state index is 0.0924. The highest BCUT2D eigenvalue weighted by Crippen LogP contribution is 2.28. The van der Waals surface area contributed by atoms with E-state index in [4.69, 9.17) is 0 Å². The van der Waals surface area contributed by atoms with Gasteiger partial charge in [0, 0.05) is 12.8 Å². The fourth-order valence-electron chi connectivity index (χ4n) is 2.62. The number of rotatable bonds is 2. The van der Waals surface area contributed by atoms with Crippen LogP contribution in [0.15, 0.2) is 18.2 Å². The first-order valence-electron chi connectivity index (χ1n) is 6.23. The van der Waals surface area contributed by atoms with Gasteiger partial charge in [-0.2, -0.15) is 0 Å². The first-order valence-corrected chi connectivity index (χ1v) is 6.23. The maximum Gasteiger partial charge on any atom is 0.154 e. The van der Waals surface area contributed by atoms with Crippen molar-refractivity contribution in [2.75, 3.05) is 0 Å². The lowest BCUT2D eigenvalue weighted by Gasteiger charge is -2.23. The van der Waals surface area contributed by atoms with Crippen molar-refractivity contribution in [3.05, 3.63) is 29.3 Å². The van der Waals surface area contributed by atoms with Gasteiger partial charge in [0.2, 0.25) is 0 Å². The SMILES string of the molecule is CBc1ccc(C)cc1C1CC(=O)CC(=O)C1. The molecule has 1 aromatic rings. The predicted molar refractivity (Wildman–Crippen MR) is 70.4 cm³/mol. The Morgan fingerprint density at radius 2 is 1.82 bits per heavy atom. The molecule has 0 atom stereocenters. The van der Waals surface area contributed by atoms with Crippen molar-refractivity contribution in [1.29, 1.82) is 0 Å². The number of hydrogen-bond acceptors (Lipinski definition) is 2. The number of ketones is 2. The lowest BCUT2D eigenvalue weighted by atomic mass is 9.66. The second-order valence-corrected chi connectivity index (χ2v) is 4.92. The second kappa shape index (κ2) is 4.86. The molecule has 0 heterocycles. The minimum atomic E-state index is 0.0924. The molecule has 2 rings (SSSR count). The fourth-order valence-corrected chi connectivity index (χ4v) is 2.62. The topological polar surface area (TPSA) is 34.1 Å². The Morgan fingerprint density at radius 3 is 2.41 bits per heavy atom. The molecule has 0 amide bonds. The molecule has 3 heteroatoms. The molecule has 0 radical (unpaired) electrons. The maximum atomic E-state index is 11.5. The van der Waals surface area contributed by atoms with Crippen LogP contribution in [0.1, 0.15) is 36.3 Å². The van der Waals surface area contributed by atoms with E-state index < -0.39 is 0 Å².